The molecular formula is C27H32F2N6O3. The zero-order chi connectivity index (χ0) is 26.9. The third-order valence-electron chi connectivity index (χ3n) is 7.20. The number of carbonyl (C=O) groups is 1. The summed E-state index contributed by atoms with van der Waals surface area (Å²) in [6, 6.07) is 8.02. The number of aryl methyl sites for hydroxylation is 1. The van der Waals surface area contributed by atoms with Crippen molar-refractivity contribution in [1.82, 2.24) is 20.1 Å². The number of pyridine rings is 1. The van der Waals surface area contributed by atoms with E-state index in [1.807, 2.05) is 31.0 Å². The molecule has 4 heterocycles. The third kappa shape index (κ3) is 5.25. The fourth-order valence-corrected chi connectivity index (χ4v) is 4.84. The summed E-state index contributed by atoms with van der Waals surface area (Å²) in [6.45, 7) is 6.78. The molecule has 2 aromatic heterocycles. The van der Waals surface area contributed by atoms with Gasteiger partial charge in [-0.1, -0.05) is 18.2 Å². The maximum absolute atomic E-state index is 14.4. The molecule has 11 heteroatoms. The molecule has 0 spiro atoms. The van der Waals surface area contributed by atoms with Gasteiger partial charge < -0.3 is 24.6 Å². The molecule has 1 atom stereocenters. The summed E-state index contributed by atoms with van der Waals surface area (Å²) in [4.78, 5) is 21.3. The van der Waals surface area contributed by atoms with Gasteiger partial charge in [-0.05, 0) is 31.5 Å². The van der Waals surface area contributed by atoms with E-state index in [4.69, 9.17) is 9.47 Å². The number of piperazine rings is 1. The van der Waals surface area contributed by atoms with Crippen molar-refractivity contribution in [2.45, 2.75) is 25.8 Å². The van der Waals surface area contributed by atoms with E-state index in [-0.39, 0.29) is 23.4 Å². The first-order chi connectivity index (χ1) is 18.3. The van der Waals surface area contributed by atoms with Crippen LogP contribution in [0.3, 0.4) is 0 Å². The van der Waals surface area contributed by atoms with Crippen LogP contribution in [0.4, 0.5) is 20.3 Å². The summed E-state index contributed by atoms with van der Waals surface area (Å²) >= 11 is 0. The molecule has 38 heavy (non-hydrogen) atoms. The van der Waals surface area contributed by atoms with Gasteiger partial charge >= 0.3 is 0 Å². The van der Waals surface area contributed by atoms with Gasteiger partial charge in [0.05, 0.1) is 48.3 Å². The second-order valence-electron chi connectivity index (χ2n) is 9.90. The number of nitrogens with one attached hydrogen (secondary N) is 1. The molecule has 9 nitrogen and oxygen atoms in total. The Labute approximate surface area is 220 Å². The van der Waals surface area contributed by atoms with Crippen LogP contribution in [0.15, 0.2) is 36.5 Å². The van der Waals surface area contributed by atoms with Gasteiger partial charge in [-0.3, -0.25) is 9.78 Å². The minimum absolute atomic E-state index is 0.00652. The Morgan fingerprint density at radius 1 is 1.21 bits per heavy atom. The molecular weight excluding hydrogens is 494 g/mol. The Balaban J connectivity index is 1.35. The highest BCUT2D eigenvalue weighted by Crippen LogP contribution is 2.32. The van der Waals surface area contributed by atoms with Crippen molar-refractivity contribution in [2.24, 2.45) is 5.92 Å². The molecule has 0 saturated carbocycles. The van der Waals surface area contributed by atoms with Gasteiger partial charge in [0.2, 0.25) is 5.91 Å². The number of alkyl halides is 2. The Morgan fingerprint density at radius 3 is 2.66 bits per heavy atom. The Kier molecular flexibility index (Phi) is 7.40. The predicted octanol–water partition coefficient (Wildman–Crippen LogP) is 3.54. The summed E-state index contributed by atoms with van der Waals surface area (Å²) < 4.78 is 38.7. The first-order valence-corrected chi connectivity index (χ1v) is 12.7. The number of carbonyl (C=O) groups excluding carboxylic acids is 1. The SMILES string of the molecule is COCC(F)(F)c1cccc([C@@H](C)Nc2nnc(C)c3ncc(N4CCN(C(=O)C5COC5)CC4)cc23)c1. The molecule has 5 rings (SSSR count). The number of benzene rings is 1. The summed E-state index contributed by atoms with van der Waals surface area (Å²) in [6.07, 6.45) is 1.82. The van der Waals surface area contributed by atoms with Gasteiger partial charge in [-0.2, -0.15) is 13.9 Å². The van der Waals surface area contributed by atoms with Crippen molar-refractivity contribution in [1.29, 1.82) is 0 Å². The maximum atomic E-state index is 14.4. The number of rotatable bonds is 8. The van der Waals surface area contributed by atoms with Crippen molar-refractivity contribution in [3.05, 3.63) is 53.3 Å². The molecule has 0 aliphatic carbocycles. The fraction of sp³-hybridized carbons (Fsp3) is 0.481. The van der Waals surface area contributed by atoms with Crippen molar-refractivity contribution < 1.29 is 23.0 Å². The van der Waals surface area contributed by atoms with Crippen molar-refractivity contribution in [2.75, 3.05) is 63.3 Å². The first-order valence-electron chi connectivity index (χ1n) is 12.7. The lowest BCUT2D eigenvalue weighted by Gasteiger charge is -2.39. The van der Waals surface area contributed by atoms with Crippen LogP contribution < -0.4 is 10.2 Å². The minimum atomic E-state index is -3.08. The number of amides is 1. The second-order valence-corrected chi connectivity index (χ2v) is 9.90. The number of halogens is 2. The van der Waals surface area contributed by atoms with Gasteiger partial charge in [-0.15, -0.1) is 5.10 Å². The lowest BCUT2D eigenvalue weighted by Crippen LogP contribution is -2.53. The number of nitrogens with zero attached hydrogens (tertiary/aromatic N) is 5. The number of fused-ring (bicyclic) bond motifs is 1. The lowest BCUT2D eigenvalue weighted by molar-refractivity contribution is -0.150. The minimum Gasteiger partial charge on any atom is -0.380 e. The Bertz CT molecular complexity index is 1310. The van der Waals surface area contributed by atoms with Crippen LogP contribution >= 0.6 is 0 Å². The van der Waals surface area contributed by atoms with Gasteiger partial charge in [0.25, 0.3) is 5.92 Å². The summed E-state index contributed by atoms with van der Waals surface area (Å²) in [5, 5.41) is 12.8. The first kappa shape index (κ1) is 26.2. The number of hydrogen-bond acceptors (Lipinski definition) is 8. The molecule has 202 valence electrons. The average molecular weight is 527 g/mol. The second kappa shape index (κ2) is 10.7. The maximum Gasteiger partial charge on any atom is 0.296 e. The standard InChI is InChI=1S/C27H32F2N6O3/c1-17(19-5-4-6-21(11-19)27(28,29)16-37-3)31-25-23-12-22(13-30-24(23)18(2)32-33-25)34-7-9-35(10-8-34)26(36)20-14-38-15-20/h4-6,11-13,17,20H,7-10,14-16H2,1-3H3,(H,31,33)/t17-/m1/s1. The third-order valence-corrected chi connectivity index (χ3v) is 7.20. The summed E-state index contributed by atoms with van der Waals surface area (Å²) in [5.74, 6) is -2.39. The number of methoxy groups -OCH3 is 1. The van der Waals surface area contributed by atoms with E-state index >= 15 is 0 Å². The molecule has 2 aliphatic heterocycles. The normalized spacial score (nSPS) is 17.4. The highest BCUT2D eigenvalue weighted by atomic mass is 19.3. The zero-order valence-electron chi connectivity index (χ0n) is 21.8. The van der Waals surface area contributed by atoms with Gasteiger partial charge in [0.1, 0.15) is 6.61 Å². The van der Waals surface area contributed by atoms with E-state index in [9.17, 15) is 13.6 Å². The molecule has 0 unspecified atom stereocenters. The van der Waals surface area contributed by atoms with Crippen LogP contribution in [0, 0.1) is 12.8 Å². The molecule has 2 fully saturated rings. The molecule has 1 amide bonds. The molecule has 1 N–H and O–H groups in total. The average Bonchev–Trinajstić information content (AvgIpc) is 2.89. The number of hydrogen-bond donors (Lipinski definition) is 1. The van der Waals surface area contributed by atoms with Gasteiger partial charge in [0.15, 0.2) is 5.82 Å². The van der Waals surface area contributed by atoms with E-state index in [0.717, 1.165) is 16.6 Å². The van der Waals surface area contributed by atoms with Crippen LogP contribution in [0.2, 0.25) is 0 Å². The van der Waals surface area contributed by atoms with Crippen LogP contribution in [0.1, 0.15) is 29.8 Å². The van der Waals surface area contributed by atoms with Gasteiger partial charge in [0, 0.05) is 44.2 Å². The van der Waals surface area contributed by atoms with E-state index in [1.165, 1.54) is 19.2 Å². The van der Waals surface area contributed by atoms with Crippen molar-refractivity contribution >= 4 is 28.3 Å². The van der Waals surface area contributed by atoms with Crippen molar-refractivity contribution in [3.8, 4) is 0 Å². The lowest BCUT2D eigenvalue weighted by atomic mass is 10.0. The number of ether oxygens (including phenoxy) is 2. The largest absolute Gasteiger partial charge is 0.380 e. The zero-order valence-corrected chi connectivity index (χ0v) is 21.8. The van der Waals surface area contributed by atoms with Crippen LogP contribution in [-0.2, 0) is 20.2 Å². The van der Waals surface area contributed by atoms with Crippen LogP contribution in [0.25, 0.3) is 10.9 Å². The number of aromatic nitrogens is 3. The monoisotopic (exact) mass is 526 g/mol. The summed E-state index contributed by atoms with van der Waals surface area (Å²) in [5.41, 5.74) is 2.94. The highest BCUT2D eigenvalue weighted by molar-refractivity contribution is 5.92. The number of anilines is 2. The molecule has 3 aromatic rings. The van der Waals surface area contributed by atoms with Crippen LogP contribution in [0.5, 0.6) is 0 Å². The molecule has 0 bridgehead atoms. The predicted molar refractivity (Wildman–Crippen MR) is 139 cm³/mol. The molecule has 1 aromatic carbocycles. The van der Waals surface area contributed by atoms with Crippen molar-refractivity contribution in [3.63, 3.8) is 0 Å². The van der Waals surface area contributed by atoms with Crippen LogP contribution in [-0.4, -0.2) is 79.1 Å². The smallest absolute Gasteiger partial charge is 0.296 e. The summed E-state index contributed by atoms with van der Waals surface area (Å²) in [7, 11) is 1.26. The fourth-order valence-electron chi connectivity index (χ4n) is 4.84. The Hall–Kier alpha value is -3.44. The quantitative estimate of drug-likeness (QED) is 0.477. The Morgan fingerprint density at radius 2 is 1.97 bits per heavy atom. The molecule has 0 radical (unpaired) electrons. The molecule has 2 aliphatic rings. The topological polar surface area (TPSA) is 92.7 Å². The van der Waals surface area contributed by atoms with E-state index < -0.39 is 12.5 Å². The molecule has 2 saturated heterocycles. The van der Waals surface area contributed by atoms with E-state index in [2.05, 4.69) is 25.4 Å². The van der Waals surface area contributed by atoms with E-state index in [0.29, 0.717) is 56.5 Å². The van der Waals surface area contributed by atoms with E-state index in [1.54, 1.807) is 12.1 Å². The van der Waals surface area contributed by atoms with Gasteiger partial charge in [-0.25, -0.2) is 0 Å². The highest BCUT2D eigenvalue weighted by Gasteiger charge is 2.33.